The largest absolute Gasteiger partial charge is 0.511 e. The molecule has 0 heterocycles. The van der Waals surface area contributed by atoms with E-state index in [0.717, 1.165) is 6.42 Å². The minimum Gasteiger partial charge on any atom is -0.434 e. The third kappa shape index (κ3) is 13.5. The molecule has 0 radical (unpaired) electrons. The number of rotatable bonds is 16. The smallest absolute Gasteiger partial charge is 0.434 e. The van der Waals surface area contributed by atoms with Crippen molar-refractivity contribution in [3.05, 3.63) is 0 Å². The van der Waals surface area contributed by atoms with Gasteiger partial charge in [-0.1, -0.05) is 34.1 Å². The van der Waals surface area contributed by atoms with Crippen molar-refractivity contribution in [2.45, 2.75) is 79.1 Å². The zero-order chi connectivity index (χ0) is 24.8. The Morgan fingerprint density at radius 1 is 1.06 bits per heavy atom. The number of hydrogen-bond acceptors (Lipinski definition) is 10. The molecular formula is C20H37NO10S. The number of unbranched alkanes of at least 4 members (excludes halogenated alkanes) is 1. The molecule has 0 saturated carbocycles. The van der Waals surface area contributed by atoms with E-state index in [1.54, 1.807) is 6.92 Å². The summed E-state index contributed by atoms with van der Waals surface area (Å²) in [5.74, 6) is -1.69. The van der Waals surface area contributed by atoms with Crippen LogP contribution >= 0.6 is 0 Å². The summed E-state index contributed by atoms with van der Waals surface area (Å²) in [6, 6.07) is 0. The van der Waals surface area contributed by atoms with Gasteiger partial charge in [-0.15, -0.1) is 0 Å². The Morgan fingerprint density at radius 3 is 2.28 bits per heavy atom. The molecule has 0 aromatic rings. The normalized spacial score (nSPS) is 13.7. The molecule has 0 saturated heterocycles. The van der Waals surface area contributed by atoms with E-state index in [0.29, 0.717) is 12.8 Å². The molecular weight excluding hydrogens is 446 g/mol. The number of carbonyl (C=O) groups excluding carboxylic acids is 3. The van der Waals surface area contributed by atoms with Gasteiger partial charge in [0.05, 0.1) is 19.0 Å². The number of aliphatic hydroxyl groups is 1. The first-order valence-corrected chi connectivity index (χ1v) is 12.3. The van der Waals surface area contributed by atoms with E-state index < -0.39 is 46.7 Å². The Morgan fingerprint density at radius 2 is 1.72 bits per heavy atom. The van der Waals surface area contributed by atoms with Crippen LogP contribution in [0, 0.1) is 5.41 Å². The highest BCUT2D eigenvalue weighted by Crippen LogP contribution is 2.24. The Hall–Kier alpha value is -1.92. The fourth-order valence-electron chi connectivity index (χ4n) is 2.22. The van der Waals surface area contributed by atoms with Crippen molar-refractivity contribution in [3.63, 3.8) is 0 Å². The zero-order valence-corrected chi connectivity index (χ0v) is 20.4. The zero-order valence-electron chi connectivity index (χ0n) is 19.5. The van der Waals surface area contributed by atoms with Crippen molar-refractivity contribution < 1.29 is 46.3 Å². The second-order valence-electron chi connectivity index (χ2n) is 7.98. The maximum atomic E-state index is 12.4. The van der Waals surface area contributed by atoms with Crippen LogP contribution < -0.4 is 5.32 Å². The van der Waals surface area contributed by atoms with Gasteiger partial charge < -0.3 is 24.6 Å². The van der Waals surface area contributed by atoms with Crippen molar-refractivity contribution in [2.75, 3.05) is 25.5 Å². The van der Waals surface area contributed by atoms with E-state index in [-0.39, 0.29) is 37.7 Å². The van der Waals surface area contributed by atoms with E-state index >= 15 is 0 Å². The highest BCUT2D eigenvalue weighted by atomic mass is 32.2. The van der Waals surface area contributed by atoms with Crippen molar-refractivity contribution in [2.24, 2.45) is 5.41 Å². The molecule has 1 amide bonds. The molecule has 0 fully saturated rings. The molecule has 0 spiro atoms. The molecule has 0 aromatic carbocycles. The summed E-state index contributed by atoms with van der Waals surface area (Å²) >= 11 is 0. The van der Waals surface area contributed by atoms with Gasteiger partial charge in [-0.25, -0.2) is 9.59 Å². The topological polar surface area (TPSA) is 155 Å². The minimum atomic E-state index is -3.93. The van der Waals surface area contributed by atoms with Crippen LogP contribution in [0.3, 0.4) is 0 Å². The van der Waals surface area contributed by atoms with Crippen LogP contribution in [-0.4, -0.2) is 69.5 Å². The third-order valence-corrected chi connectivity index (χ3v) is 5.50. The van der Waals surface area contributed by atoms with E-state index in [1.165, 1.54) is 20.8 Å². The van der Waals surface area contributed by atoms with Crippen molar-refractivity contribution >= 4 is 28.1 Å². The first-order chi connectivity index (χ1) is 14.8. The molecule has 0 aliphatic carbocycles. The number of nitrogens with one attached hydrogen (secondary N) is 1. The van der Waals surface area contributed by atoms with Crippen LogP contribution in [0.15, 0.2) is 0 Å². The average Bonchev–Trinajstić information content (AvgIpc) is 2.69. The number of aliphatic hydroxyl groups excluding tert-OH is 1. The minimum absolute atomic E-state index is 0.150. The SMILES string of the molecule is CCCCOC(=O)OC(CCC)OC(=O)[C@H](O)C(C)(C)COS(=O)(=O)CCCNC(C)=O. The van der Waals surface area contributed by atoms with Gasteiger partial charge in [-0.05, 0) is 19.3 Å². The van der Waals surface area contributed by atoms with Crippen LogP contribution in [0.25, 0.3) is 0 Å². The van der Waals surface area contributed by atoms with Crippen LogP contribution in [0.4, 0.5) is 4.79 Å². The van der Waals surface area contributed by atoms with Gasteiger partial charge in [-0.2, -0.15) is 8.42 Å². The molecule has 188 valence electrons. The summed E-state index contributed by atoms with van der Waals surface area (Å²) in [5, 5.41) is 12.8. The fraction of sp³-hybridized carbons (Fsp3) is 0.850. The summed E-state index contributed by atoms with van der Waals surface area (Å²) in [7, 11) is -3.93. The Balaban J connectivity index is 4.75. The molecule has 0 aliphatic heterocycles. The highest BCUT2D eigenvalue weighted by Gasteiger charge is 2.38. The van der Waals surface area contributed by atoms with Gasteiger partial charge in [0.2, 0.25) is 5.91 Å². The third-order valence-electron chi connectivity index (χ3n) is 4.24. The molecule has 11 nitrogen and oxygen atoms in total. The second kappa shape index (κ2) is 15.0. The molecule has 1 unspecified atom stereocenters. The van der Waals surface area contributed by atoms with Crippen LogP contribution in [0.1, 0.15) is 66.7 Å². The lowest BCUT2D eigenvalue weighted by Gasteiger charge is -2.29. The van der Waals surface area contributed by atoms with E-state index in [1.807, 2.05) is 6.92 Å². The Kier molecular flexibility index (Phi) is 14.1. The summed E-state index contributed by atoms with van der Waals surface area (Å²) in [5.41, 5.74) is -1.32. The quantitative estimate of drug-likeness (QED) is 0.144. The van der Waals surface area contributed by atoms with Crippen LogP contribution in [-0.2, 0) is 38.1 Å². The van der Waals surface area contributed by atoms with Gasteiger partial charge in [0.25, 0.3) is 16.4 Å². The summed E-state index contributed by atoms with van der Waals surface area (Å²) in [6.45, 7) is 7.77. The molecule has 2 N–H and O–H groups in total. The molecule has 2 atom stereocenters. The summed E-state index contributed by atoms with van der Waals surface area (Å²) < 4.78 is 43.9. The number of carbonyl (C=O) groups is 3. The van der Waals surface area contributed by atoms with Gasteiger partial charge in [0, 0.05) is 25.3 Å². The van der Waals surface area contributed by atoms with Gasteiger partial charge >= 0.3 is 12.1 Å². The lowest BCUT2D eigenvalue weighted by atomic mass is 9.87. The predicted molar refractivity (Wildman–Crippen MR) is 115 cm³/mol. The second-order valence-corrected chi connectivity index (χ2v) is 9.74. The number of hydrogen-bond donors (Lipinski definition) is 2. The number of ether oxygens (including phenoxy) is 3. The first kappa shape index (κ1) is 30.1. The van der Waals surface area contributed by atoms with Gasteiger partial charge in [-0.3, -0.25) is 8.98 Å². The van der Waals surface area contributed by atoms with Crippen LogP contribution in [0.5, 0.6) is 0 Å². The molecule has 0 aliphatic rings. The molecule has 32 heavy (non-hydrogen) atoms. The monoisotopic (exact) mass is 483 g/mol. The Labute approximate surface area is 190 Å². The van der Waals surface area contributed by atoms with E-state index in [9.17, 15) is 27.9 Å². The highest BCUT2D eigenvalue weighted by molar-refractivity contribution is 7.86. The maximum absolute atomic E-state index is 12.4. The molecule has 0 bridgehead atoms. The van der Waals surface area contributed by atoms with Crippen molar-refractivity contribution in [1.29, 1.82) is 0 Å². The first-order valence-electron chi connectivity index (χ1n) is 10.7. The fourth-order valence-corrected chi connectivity index (χ4v) is 3.32. The number of amides is 1. The van der Waals surface area contributed by atoms with Crippen LogP contribution in [0.2, 0.25) is 0 Å². The van der Waals surface area contributed by atoms with E-state index in [4.69, 9.17) is 18.4 Å². The standard InChI is InChI=1S/C20H37NO10S/c1-6-8-12-28-19(25)31-16(10-7-2)30-18(24)17(23)20(4,5)14-29-32(26,27)13-9-11-21-15(3)22/h16-17,23H,6-14H2,1-5H3,(H,21,22)/t16?,17-/m0/s1. The lowest BCUT2D eigenvalue weighted by Crippen LogP contribution is -2.43. The van der Waals surface area contributed by atoms with Gasteiger partial charge in [0.15, 0.2) is 6.10 Å². The molecule has 0 rings (SSSR count). The Bertz CT molecular complexity index is 692. The number of esters is 1. The van der Waals surface area contributed by atoms with Crippen molar-refractivity contribution in [3.8, 4) is 0 Å². The average molecular weight is 484 g/mol. The molecule has 0 aromatic heterocycles. The molecule has 12 heteroatoms. The maximum Gasteiger partial charge on any atom is 0.511 e. The van der Waals surface area contributed by atoms with Crippen molar-refractivity contribution in [1.82, 2.24) is 5.32 Å². The van der Waals surface area contributed by atoms with E-state index in [2.05, 4.69) is 5.32 Å². The predicted octanol–water partition coefficient (Wildman–Crippen LogP) is 1.87. The summed E-state index contributed by atoms with van der Waals surface area (Å²) in [6.07, 6.45) is -1.60. The van der Waals surface area contributed by atoms with Gasteiger partial charge in [0.1, 0.15) is 0 Å². The lowest BCUT2D eigenvalue weighted by molar-refractivity contribution is -0.188. The summed E-state index contributed by atoms with van der Waals surface area (Å²) in [4.78, 5) is 34.9.